The van der Waals surface area contributed by atoms with E-state index in [1.54, 1.807) is 24.3 Å². The van der Waals surface area contributed by atoms with E-state index < -0.39 is 10.0 Å². The van der Waals surface area contributed by atoms with Crippen LogP contribution in [-0.2, 0) is 16.6 Å². The van der Waals surface area contributed by atoms with Gasteiger partial charge < -0.3 is 16.4 Å². The number of nitrogens with zero attached hydrogens (tertiary/aromatic N) is 3. The van der Waals surface area contributed by atoms with Crippen molar-refractivity contribution in [1.29, 1.82) is 0 Å². The summed E-state index contributed by atoms with van der Waals surface area (Å²) in [6.45, 7) is 2.61. The Kier molecular flexibility index (Phi) is 4.81. The van der Waals surface area contributed by atoms with E-state index in [0.717, 1.165) is 13.1 Å². The molecule has 2 rings (SSSR count). The van der Waals surface area contributed by atoms with Gasteiger partial charge in [0.1, 0.15) is 0 Å². The zero-order valence-electron chi connectivity index (χ0n) is 12.1. The van der Waals surface area contributed by atoms with Crippen LogP contribution in [0, 0.1) is 0 Å². The van der Waals surface area contributed by atoms with Crippen LogP contribution in [0.4, 0.5) is 0 Å². The molecule has 0 saturated carbocycles. The van der Waals surface area contributed by atoms with Crippen molar-refractivity contribution in [2.24, 2.45) is 16.5 Å². The van der Waals surface area contributed by atoms with Gasteiger partial charge in [0.2, 0.25) is 10.0 Å². The molecule has 0 bridgehead atoms. The number of aliphatic imine (C=N–C) groups is 1. The average Bonchev–Trinajstić information content (AvgIpc) is 2.46. The molecular weight excluding hydrogens is 290 g/mol. The quantitative estimate of drug-likeness (QED) is 0.570. The second-order valence-corrected chi connectivity index (χ2v) is 6.96. The summed E-state index contributed by atoms with van der Waals surface area (Å²) in [4.78, 5) is 6.29. The second-order valence-electron chi connectivity index (χ2n) is 5.06. The lowest BCUT2D eigenvalue weighted by Gasteiger charge is -2.31. The molecule has 1 aromatic carbocycles. The molecule has 21 heavy (non-hydrogen) atoms. The van der Waals surface area contributed by atoms with Gasteiger partial charge in [0.25, 0.3) is 0 Å². The molecule has 0 aliphatic carbocycles. The third-order valence-corrected chi connectivity index (χ3v) is 5.48. The maximum atomic E-state index is 12.8. The van der Waals surface area contributed by atoms with E-state index in [4.69, 9.17) is 11.5 Å². The molecule has 0 spiro atoms. The van der Waals surface area contributed by atoms with Crippen LogP contribution in [0.1, 0.15) is 5.56 Å². The predicted octanol–water partition coefficient (Wildman–Crippen LogP) is -0.604. The Morgan fingerprint density at radius 1 is 1.19 bits per heavy atom. The Hall–Kier alpha value is -1.64. The first-order chi connectivity index (χ1) is 9.91. The molecular formula is C13H21N5O2S. The number of guanidine groups is 1. The Bertz CT molecular complexity index is 617. The first-order valence-electron chi connectivity index (χ1n) is 6.73. The van der Waals surface area contributed by atoms with Gasteiger partial charge in [-0.1, -0.05) is 18.2 Å². The molecule has 0 aromatic heterocycles. The summed E-state index contributed by atoms with van der Waals surface area (Å²) in [5.74, 6) is -0.0539. The topological polar surface area (TPSA) is 105 Å². The molecule has 1 aromatic rings. The third kappa shape index (κ3) is 3.72. The van der Waals surface area contributed by atoms with Crippen LogP contribution in [0.2, 0.25) is 0 Å². The summed E-state index contributed by atoms with van der Waals surface area (Å²) in [6, 6.07) is 6.82. The van der Waals surface area contributed by atoms with E-state index in [1.807, 2.05) is 7.05 Å². The normalized spacial score (nSPS) is 17.6. The molecule has 116 valence electrons. The number of benzene rings is 1. The average molecular weight is 311 g/mol. The summed E-state index contributed by atoms with van der Waals surface area (Å²) in [5, 5.41) is 0. The van der Waals surface area contributed by atoms with Gasteiger partial charge in [-0.25, -0.2) is 13.4 Å². The van der Waals surface area contributed by atoms with Crippen molar-refractivity contribution in [1.82, 2.24) is 9.21 Å². The SMILES string of the molecule is CN1CCN(S(=O)(=O)c2ccccc2CN=C(N)N)CC1. The van der Waals surface area contributed by atoms with Crippen molar-refractivity contribution in [2.75, 3.05) is 33.2 Å². The summed E-state index contributed by atoms with van der Waals surface area (Å²) in [6.07, 6.45) is 0. The van der Waals surface area contributed by atoms with Crippen molar-refractivity contribution in [3.8, 4) is 0 Å². The first-order valence-corrected chi connectivity index (χ1v) is 8.17. The number of rotatable bonds is 4. The fourth-order valence-electron chi connectivity index (χ4n) is 2.23. The molecule has 4 N–H and O–H groups in total. The van der Waals surface area contributed by atoms with E-state index in [-0.39, 0.29) is 17.4 Å². The minimum Gasteiger partial charge on any atom is -0.370 e. The molecule has 8 heteroatoms. The highest BCUT2D eigenvalue weighted by atomic mass is 32.2. The number of nitrogens with two attached hydrogens (primary N) is 2. The van der Waals surface area contributed by atoms with Gasteiger partial charge in [-0.15, -0.1) is 0 Å². The van der Waals surface area contributed by atoms with Crippen LogP contribution in [0.5, 0.6) is 0 Å². The van der Waals surface area contributed by atoms with E-state index in [0.29, 0.717) is 18.7 Å². The van der Waals surface area contributed by atoms with E-state index in [9.17, 15) is 8.42 Å². The second kappa shape index (κ2) is 6.42. The van der Waals surface area contributed by atoms with Crippen LogP contribution in [0.15, 0.2) is 34.2 Å². The van der Waals surface area contributed by atoms with Crippen LogP contribution in [0.3, 0.4) is 0 Å². The zero-order chi connectivity index (χ0) is 15.5. The molecule has 0 radical (unpaired) electrons. The Labute approximate surface area is 125 Å². The lowest BCUT2D eigenvalue weighted by atomic mass is 10.2. The maximum absolute atomic E-state index is 12.8. The van der Waals surface area contributed by atoms with Gasteiger partial charge in [-0.3, -0.25) is 0 Å². The fourth-order valence-corrected chi connectivity index (χ4v) is 3.87. The molecule has 1 saturated heterocycles. The molecule has 7 nitrogen and oxygen atoms in total. The van der Waals surface area contributed by atoms with E-state index in [1.165, 1.54) is 4.31 Å². The largest absolute Gasteiger partial charge is 0.370 e. The lowest BCUT2D eigenvalue weighted by molar-refractivity contribution is 0.222. The van der Waals surface area contributed by atoms with Gasteiger partial charge in [-0.2, -0.15) is 4.31 Å². The van der Waals surface area contributed by atoms with Crippen molar-refractivity contribution < 1.29 is 8.42 Å². The van der Waals surface area contributed by atoms with Crippen molar-refractivity contribution >= 4 is 16.0 Å². The van der Waals surface area contributed by atoms with Gasteiger partial charge in [0.15, 0.2) is 5.96 Å². The Morgan fingerprint density at radius 2 is 1.81 bits per heavy atom. The Balaban J connectivity index is 2.29. The predicted molar refractivity (Wildman–Crippen MR) is 82.2 cm³/mol. The highest BCUT2D eigenvalue weighted by Crippen LogP contribution is 2.22. The lowest BCUT2D eigenvalue weighted by Crippen LogP contribution is -2.47. The van der Waals surface area contributed by atoms with Crippen molar-refractivity contribution in [3.63, 3.8) is 0 Å². The minimum absolute atomic E-state index is 0.0539. The smallest absolute Gasteiger partial charge is 0.243 e. The van der Waals surface area contributed by atoms with Gasteiger partial charge in [0.05, 0.1) is 11.4 Å². The molecule has 1 heterocycles. The number of likely N-dealkylation sites (N-methyl/N-ethyl adjacent to an activating group) is 1. The van der Waals surface area contributed by atoms with Crippen LogP contribution in [0.25, 0.3) is 0 Å². The number of hydrogen-bond donors (Lipinski definition) is 2. The minimum atomic E-state index is -3.51. The van der Waals surface area contributed by atoms with Crippen LogP contribution < -0.4 is 11.5 Å². The third-order valence-electron chi connectivity index (χ3n) is 3.48. The summed E-state index contributed by atoms with van der Waals surface area (Å²) < 4.78 is 27.0. The molecule has 0 amide bonds. The first kappa shape index (κ1) is 15.7. The zero-order valence-corrected chi connectivity index (χ0v) is 12.9. The summed E-state index contributed by atoms with van der Waals surface area (Å²) in [7, 11) is -1.53. The molecule has 1 aliphatic rings. The maximum Gasteiger partial charge on any atom is 0.243 e. The number of sulfonamides is 1. The van der Waals surface area contributed by atoms with Crippen LogP contribution in [-0.4, -0.2) is 56.8 Å². The van der Waals surface area contributed by atoms with Crippen LogP contribution >= 0.6 is 0 Å². The molecule has 0 atom stereocenters. The summed E-state index contributed by atoms with van der Waals surface area (Å²) >= 11 is 0. The standard InChI is InChI=1S/C13H21N5O2S/c1-17-6-8-18(9-7-17)21(19,20)12-5-3-2-4-11(12)10-16-13(14)15/h2-5H,6-10H2,1H3,(H4,14,15,16). The number of hydrogen-bond acceptors (Lipinski definition) is 4. The van der Waals surface area contributed by atoms with Gasteiger partial charge in [0, 0.05) is 26.2 Å². The van der Waals surface area contributed by atoms with E-state index in [2.05, 4.69) is 9.89 Å². The summed E-state index contributed by atoms with van der Waals surface area (Å²) in [5.41, 5.74) is 11.2. The van der Waals surface area contributed by atoms with Gasteiger partial charge in [-0.05, 0) is 18.7 Å². The van der Waals surface area contributed by atoms with Gasteiger partial charge >= 0.3 is 0 Å². The molecule has 0 unspecified atom stereocenters. The highest BCUT2D eigenvalue weighted by Gasteiger charge is 2.28. The van der Waals surface area contributed by atoms with Crippen molar-refractivity contribution in [2.45, 2.75) is 11.4 Å². The Morgan fingerprint density at radius 3 is 2.43 bits per heavy atom. The molecule has 1 fully saturated rings. The molecule has 1 aliphatic heterocycles. The number of piperazine rings is 1. The van der Waals surface area contributed by atoms with Crippen molar-refractivity contribution in [3.05, 3.63) is 29.8 Å². The monoisotopic (exact) mass is 311 g/mol. The highest BCUT2D eigenvalue weighted by molar-refractivity contribution is 7.89. The fraction of sp³-hybridized carbons (Fsp3) is 0.462. The van der Waals surface area contributed by atoms with E-state index >= 15 is 0 Å².